The van der Waals surface area contributed by atoms with Crippen molar-refractivity contribution in [2.75, 3.05) is 5.43 Å². The number of thiazole rings is 1. The van der Waals surface area contributed by atoms with Crippen molar-refractivity contribution in [1.29, 1.82) is 0 Å². The lowest BCUT2D eigenvalue weighted by molar-refractivity contribution is 1.27. The molecule has 0 saturated heterocycles. The predicted octanol–water partition coefficient (Wildman–Crippen LogP) is 3.53. The molecule has 0 saturated carbocycles. The van der Waals surface area contributed by atoms with Crippen molar-refractivity contribution in [3.63, 3.8) is 0 Å². The van der Waals surface area contributed by atoms with Gasteiger partial charge in [-0.1, -0.05) is 29.5 Å². The van der Waals surface area contributed by atoms with Crippen molar-refractivity contribution in [3.8, 4) is 0 Å². The number of aromatic nitrogens is 2. The van der Waals surface area contributed by atoms with E-state index in [4.69, 9.17) is 0 Å². The second-order valence-corrected chi connectivity index (χ2v) is 5.07. The lowest BCUT2D eigenvalue weighted by Gasteiger charge is -1.99. The number of pyridine rings is 1. The van der Waals surface area contributed by atoms with Crippen LogP contribution in [0.25, 0.3) is 10.2 Å². The van der Waals surface area contributed by atoms with Crippen LogP contribution in [-0.2, 0) is 0 Å². The summed E-state index contributed by atoms with van der Waals surface area (Å²) in [6.07, 6.45) is 3.54. The fraction of sp³-hybridized carbons (Fsp3) is 0.0714. The number of rotatable bonds is 3. The van der Waals surface area contributed by atoms with Gasteiger partial charge in [0.2, 0.25) is 5.13 Å². The molecule has 0 spiro atoms. The molecule has 1 N–H and O–H groups in total. The first-order chi connectivity index (χ1) is 9.33. The van der Waals surface area contributed by atoms with Crippen LogP contribution in [0.1, 0.15) is 12.5 Å². The Hall–Kier alpha value is -2.27. The van der Waals surface area contributed by atoms with Gasteiger partial charge in [0.15, 0.2) is 0 Å². The molecule has 19 heavy (non-hydrogen) atoms. The summed E-state index contributed by atoms with van der Waals surface area (Å²) < 4.78 is 1.15. The summed E-state index contributed by atoms with van der Waals surface area (Å²) in [5.41, 5.74) is 5.87. The zero-order valence-electron chi connectivity index (χ0n) is 10.4. The molecule has 0 aliphatic carbocycles. The van der Waals surface area contributed by atoms with Crippen molar-refractivity contribution < 1.29 is 0 Å². The van der Waals surface area contributed by atoms with Crippen LogP contribution < -0.4 is 5.43 Å². The number of fused-ring (bicyclic) bond motifs is 1. The van der Waals surface area contributed by atoms with Crippen molar-refractivity contribution in [3.05, 3.63) is 54.4 Å². The van der Waals surface area contributed by atoms with Crippen LogP contribution in [-0.4, -0.2) is 15.7 Å². The SMILES string of the molecule is CC(=NNc1nc2ccccc2s1)c1cccnc1. The number of hydrogen-bond acceptors (Lipinski definition) is 5. The van der Waals surface area contributed by atoms with Crippen molar-refractivity contribution in [2.45, 2.75) is 6.92 Å². The normalized spacial score (nSPS) is 11.7. The van der Waals surface area contributed by atoms with Gasteiger partial charge in [-0.25, -0.2) is 4.98 Å². The molecule has 0 aliphatic heterocycles. The van der Waals surface area contributed by atoms with Crippen molar-refractivity contribution >= 4 is 32.4 Å². The van der Waals surface area contributed by atoms with Gasteiger partial charge in [-0.05, 0) is 25.1 Å². The van der Waals surface area contributed by atoms with Gasteiger partial charge >= 0.3 is 0 Å². The highest BCUT2D eigenvalue weighted by Gasteiger charge is 2.02. The quantitative estimate of drug-likeness (QED) is 0.584. The number of hydrazone groups is 1. The molecule has 0 amide bonds. The Bertz CT molecular complexity index is 685. The van der Waals surface area contributed by atoms with E-state index in [1.54, 1.807) is 23.7 Å². The minimum atomic E-state index is 0.796. The zero-order chi connectivity index (χ0) is 13.1. The van der Waals surface area contributed by atoms with Gasteiger partial charge < -0.3 is 0 Å². The van der Waals surface area contributed by atoms with E-state index in [9.17, 15) is 0 Å². The monoisotopic (exact) mass is 268 g/mol. The van der Waals surface area contributed by atoms with Crippen LogP contribution in [0, 0.1) is 0 Å². The van der Waals surface area contributed by atoms with Gasteiger partial charge in [0.05, 0.1) is 15.9 Å². The molecule has 2 aromatic heterocycles. The highest BCUT2D eigenvalue weighted by atomic mass is 32.1. The molecule has 1 aromatic carbocycles. The molecule has 0 bridgehead atoms. The summed E-state index contributed by atoms with van der Waals surface area (Å²) in [6.45, 7) is 1.94. The van der Waals surface area contributed by atoms with E-state index in [1.807, 2.05) is 37.3 Å². The van der Waals surface area contributed by atoms with Crippen LogP contribution in [0.2, 0.25) is 0 Å². The number of benzene rings is 1. The van der Waals surface area contributed by atoms with E-state index in [0.29, 0.717) is 0 Å². The van der Waals surface area contributed by atoms with E-state index in [1.165, 1.54) is 0 Å². The fourth-order valence-electron chi connectivity index (χ4n) is 1.69. The Morgan fingerprint density at radius 2 is 2.11 bits per heavy atom. The van der Waals surface area contributed by atoms with Crippen molar-refractivity contribution in [1.82, 2.24) is 9.97 Å². The molecule has 0 fully saturated rings. The standard InChI is InChI=1S/C14H12N4S/c1-10(11-5-4-8-15-9-11)17-18-14-16-12-6-2-3-7-13(12)19-14/h2-9H,1H3,(H,16,18). The van der Waals surface area contributed by atoms with Gasteiger partial charge in [0.1, 0.15) is 0 Å². The van der Waals surface area contributed by atoms with Gasteiger partial charge in [-0.15, -0.1) is 0 Å². The zero-order valence-corrected chi connectivity index (χ0v) is 11.2. The Balaban J connectivity index is 1.82. The molecule has 2 heterocycles. The Morgan fingerprint density at radius 1 is 1.21 bits per heavy atom. The first kappa shape index (κ1) is 11.8. The van der Waals surface area contributed by atoms with Crippen molar-refractivity contribution in [2.24, 2.45) is 5.10 Å². The summed E-state index contributed by atoms with van der Waals surface area (Å²) in [4.78, 5) is 8.54. The number of anilines is 1. The third kappa shape index (κ3) is 2.61. The Kier molecular flexibility index (Phi) is 3.20. The Morgan fingerprint density at radius 3 is 2.89 bits per heavy atom. The molecule has 3 rings (SSSR count). The van der Waals surface area contributed by atoms with Crippen LogP contribution in [0.3, 0.4) is 0 Å². The maximum Gasteiger partial charge on any atom is 0.204 e. The minimum absolute atomic E-state index is 0.796. The summed E-state index contributed by atoms with van der Waals surface area (Å²) in [7, 11) is 0. The number of nitrogens with zero attached hydrogens (tertiary/aromatic N) is 3. The highest BCUT2D eigenvalue weighted by Crippen LogP contribution is 2.25. The molecule has 4 nitrogen and oxygen atoms in total. The Labute approximate surface area is 114 Å². The number of para-hydroxylation sites is 1. The summed E-state index contributed by atoms with van der Waals surface area (Å²) >= 11 is 1.59. The average molecular weight is 268 g/mol. The van der Waals surface area contributed by atoms with E-state index >= 15 is 0 Å². The number of nitrogens with one attached hydrogen (secondary N) is 1. The average Bonchev–Trinajstić information content (AvgIpc) is 2.88. The van der Waals surface area contributed by atoms with E-state index in [2.05, 4.69) is 26.6 Å². The molecule has 3 aromatic rings. The molecule has 5 heteroatoms. The summed E-state index contributed by atoms with van der Waals surface area (Å²) in [5.74, 6) is 0. The van der Waals surface area contributed by atoms with Crippen LogP contribution in [0.4, 0.5) is 5.13 Å². The minimum Gasteiger partial charge on any atom is -0.264 e. The lowest BCUT2D eigenvalue weighted by Crippen LogP contribution is -1.99. The molecule has 94 valence electrons. The second kappa shape index (κ2) is 5.16. The molecule has 0 atom stereocenters. The summed E-state index contributed by atoms with van der Waals surface area (Å²) in [6, 6.07) is 11.9. The fourth-order valence-corrected chi connectivity index (χ4v) is 2.50. The molecule has 0 aliphatic rings. The van der Waals surface area contributed by atoms with E-state index in [0.717, 1.165) is 26.6 Å². The number of hydrogen-bond donors (Lipinski definition) is 1. The van der Waals surface area contributed by atoms with Gasteiger partial charge in [-0.2, -0.15) is 5.10 Å². The van der Waals surface area contributed by atoms with Gasteiger partial charge in [0.25, 0.3) is 0 Å². The van der Waals surface area contributed by atoms with Crippen LogP contribution >= 0.6 is 11.3 Å². The smallest absolute Gasteiger partial charge is 0.204 e. The third-order valence-electron chi connectivity index (χ3n) is 2.69. The van der Waals surface area contributed by atoms with Crippen LogP contribution in [0.5, 0.6) is 0 Å². The molecule has 0 radical (unpaired) electrons. The predicted molar refractivity (Wildman–Crippen MR) is 79.7 cm³/mol. The van der Waals surface area contributed by atoms with Gasteiger partial charge in [-0.3, -0.25) is 10.4 Å². The largest absolute Gasteiger partial charge is 0.264 e. The molecule has 0 unspecified atom stereocenters. The maximum atomic E-state index is 4.46. The molecular formula is C14H12N4S. The highest BCUT2D eigenvalue weighted by molar-refractivity contribution is 7.22. The topological polar surface area (TPSA) is 50.2 Å². The van der Waals surface area contributed by atoms with E-state index in [-0.39, 0.29) is 0 Å². The van der Waals surface area contributed by atoms with E-state index < -0.39 is 0 Å². The first-order valence-electron chi connectivity index (χ1n) is 5.89. The van der Waals surface area contributed by atoms with Gasteiger partial charge in [0, 0.05) is 18.0 Å². The molecular weight excluding hydrogens is 256 g/mol. The maximum absolute atomic E-state index is 4.46. The second-order valence-electron chi connectivity index (χ2n) is 4.04. The first-order valence-corrected chi connectivity index (χ1v) is 6.71. The lowest BCUT2D eigenvalue weighted by atomic mass is 10.2. The van der Waals surface area contributed by atoms with Crippen LogP contribution in [0.15, 0.2) is 53.9 Å². The third-order valence-corrected chi connectivity index (χ3v) is 3.63. The summed E-state index contributed by atoms with van der Waals surface area (Å²) in [5, 5.41) is 5.13.